The average molecular weight is 687 g/mol. The number of aromatic nitrogens is 1. The lowest BCUT2D eigenvalue weighted by Gasteiger charge is -2.20. The number of carbonyl (C=O) groups excluding carboxylic acids is 2. The maximum atomic E-state index is 13.6. The molecule has 2 amide bonds. The summed E-state index contributed by atoms with van der Waals surface area (Å²) in [5, 5.41) is 5.78. The molecule has 10 heteroatoms. The van der Waals surface area contributed by atoms with E-state index in [9.17, 15) is 22.8 Å². The Morgan fingerprint density at radius 3 is 2.37 bits per heavy atom. The summed E-state index contributed by atoms with van der Waals surface area (Å²) in [5.74, 6) is 2.22. The SMILES string of the molecule is CC(C)(C)[CH]C[CH]SCc1cccc(C(=O)Nc2ccc(N3CCCC3)cc2-c2cc(C(=O)NCc3cccc(C(F)(F)F)c3)ccn2)c1. The van der Waals surface area contributed by atoms with E-state index in [0.29, 0.717) is 33.6 Å². The first-order chi connectivity index (χ1) is 23.4. The maximum absolute atomic E-state index is 13.6. The van der Waals surface area contributed by atoms with Crippen LogP contribution in [-0.2, 0) is 18.5 Å². The van der Waals surface area contributed by atoms with Gasteiger partial charge in [-0.05, 0) is 96.8 Å². The summed E-state index contributed by atoms with van der Waals surface area (Å²) in [5.41, 5.74) is 4.27. The number of pyridine rings is 1. The number of benzene rings is 3. The van der Waals surface area contributed by atoms with Crippen molar-refractivity contribution in [3.8, 4) is 11.3 Å². The van der Waals surface area contributed by atoms with Crippen LogP contribution in [0.1, 0.15) is 77.4 Å². The molecule has 1 aliphatic rings. The molecule has 0 spiro atoms. The molecule has 5 rings (SSSR count). The quantitative estimate of drug-likeness (QED) is 0.145. The van der Waals surface area contributed by atoms with Crippen LogP contribution in [0.4, 0.5) is 24.5 Å². The minimum absolute atomic E-state index is 0.0723. The molecule has 0 unspecified atom stereocenters. The molecular weight excluding hydrogens is 646 g/mol. The Balaban J connectivity index is 1.33. The number of alkyl halides is 3. The molecule has 0 saturated carbocycles. The molecule has 256 valence electrons. The third-order valence-corrected chi connectivity index (χ3v) is 9.04. The average Bonchev–Trinajstić information content (AvgIpc) is 3.62. The van der Waals surface area contributed by atoms with E-state index >= 15 is 0 Å². The first-order valence-electron chi connectivity index (χ1n) is 16.3. The summed E-state index contributed by atoms with van der Waals surface area (Å²) < 4.78 is 39.5. The Labute approximate surface area is 290 Å². The van der Waals surface area contributed by atoms with Gasteiger partial charge < -0.3 is 15.5 Å². The van der Waals surface area contributed by atoms with Crippen LogP contribution in [0.3, 0.4) is 0 Å². The van der Waals surface area contributed by atoms with Gasteiger partial charge in [0, 0.05) is 59.7 Å². The fourth-order valence-corrected chi connectivity index (χ4v) is 6.23. The molecule has 6 nitrogen and oxygen atoms in total. The van der Waals surface area contributed by atoms with Crippen LogP contribution in [0.25, 0.3) is 11.3 Å². The van der Waals surface area contributed by atoms with Crippen molar-refractivity contribution in [2.24, 2.45) is 5.41 Å². The molecule has 2 radical (unpaired) electrons. The number of anilines is 2. The van der Waals surface area contributed by atoms with Crippen LogP contribution in [0.5, 0.6) is 0 Å². The van der Waals surface area contributed by atoms with Gasteiger partial charge in [-0.1, -0.05) is 45.0 Å². The van der Waals surface area contributed by atoms with Crippen molar-refractivity contribution in [2.75, 3.05) is 23.3 Å². The molecule has 4 aromatic rings. The van der Waals surface area contributed by atoms with Gasteiger partial charge in [0.2, 0.25) is 0 Å². The van der Waals surface area contributed by atoms with Gasteiger partial charge in [0.05, 0.1) is 16.9 Å². The molecule has 2 N–H and O–H groups in total. The first-order valence-corrected chi connectivity index (χ1v) is 17.4. The molecule has 0 atom stereocenters. The lowest BCUT2D eigenvalue weighted by molar-refractivity contribution is -0.137. The van der Waals surface area contributed by atoms with Gasteiger partial charge in [0.25, 0.3) is 11.8 Å². The van der Waals surface area contributed by atoms with Crippen molar-refractivity contribution in [2.45, 2.75) is 58.5 Å². The zero-order valence-electron chi connectivity index (χ0n) is 27.9. The van der Waals surface area contributed by atoms with E-state index in [2.05, 4.69) is 53.5 Å². The lowest BCUT2D eigenvalue weighted by Crippen LogP contribution is -2.23. The zero-order chi connectivity index (χ0) is 35.0. The minimum atomic E-state index is -4.47. The van der Waals surface area contributed by atoms with Crippen molar-refractivity contribution < 1.29 is 22.8 Å². The van der Waals surface area contributed by atoms with Crippen molar-refractivity contribution in [1.29, 1.82) is 0 Å². The largest absolute Gasteiger partial charge is 0.416 e. The first kappa shape index (κ1) is 36.0. The van der Waals surface area contributed by atoms with Crippen molar-refractivity contribution in [3.05, 3.63) is 125 Å². The van der Waals surface area contributed by atoms with Gasteiger partial charge in [-0.15, -0.1) is 0 Å². The van der Waals surface area contributed by atoms with Gasteiger partial charge in [-0.2, -0.15) is 24.9 Å². The van der Waals surface area contributed by atoms with Crippen LogP contribution in [0.15, 0.2) is 85.1 Å². The van der Waals surface area contributed by atoms with Gasteiger partial charge in [-0.3, -0.25) is 14.6 Å². The minimum Gasteiger partial charge on any atom is -0.372 e. The third kappa shape index (κ3) is 10.3. The fraction of sp³-hybridized carbons (Fsp3) is 0.308. The molecule has 49 heavy (non-hydrogen) atoms. The second kappa shape index (κ2) is 15.9. The monoisotopic (exact) mass is 686 g/mol. The van der Waals surface area contributed by atoms with Crippen LogP contribution >= 0.6 is 11.8 Å². The predicted octanol–water partition coefficient (Wildman–Crippen LogP) is 9.59. The Hall–Kier alpha value is -4.31. The number of hydrogen-bond donors (Lipinski definition) is 2. The number of carbonyl (C=O) groups is 2. The molecule has 0 bridgehead atoms. The molecular formula is C39H41F3N4O2S. The molecule has 1 aliphatic heterocycles. The Bertz CT molecular complexity index is 1760. The number of nitrogens with one attached hydrogen (secondary N) is 2. The summed E-state index contributed by atoms with van der Waals surface area (Å²) in [6, 6.07) is 21.5. The van der Waals surface area contributed by atoms with E-state index in [-0.39, 0.29) is 17.9 Å². The fourth-order valence-electron chi connectivity index (χ4n) is 5.51. The van der Waals surface area contributed by atoms with Crippen molar-refractivity contribution in [3.63, 3.8) is 0 Å². The second-order valence-electron chi connectivity index (χ2n) is 13.2. The topological polar surface area (TPSA) is 74.3 Å². The third-order valence-electron chi connectivity index (χ3n) is 8.11. The molecule has 3 aromatic carbocycles. The maximum Gasteiger partial charge on any atom is 0.416 e. The Kier molecular flexibility index (Phi) is 11.7. The summed E-state index contributed by atoms with van der Waals surface area (Å²) >= 11 is 1.71. The van der Waals surface area contributed by atoms with E-state index in [1.807, 2.05) is 36.4 Å². The Morgan fingerprint density at radius 1 is 0.878 bits per heavy atom. The van der Waals surface area contributed by atoms with E-state index in [1.54, 1.807) is 30.0 Å². The number of rotatable bonds is 12. The van der Waals surface area contributed by atoms with Gasteiger partial charge >= 0.3 is 6.18 Å². The molecule has 1 aromatic heterocycles. The number of thioether (sulfide) groups is 1. The van der Waals surface area contributed by atoms with Gasteiger partial charge in [-0.25, -0.2) is 0 Å². The highest BCUT2D eigenvalue weighted by atomic mass is 32.2. The van der Waals surface area contributed by atoms with Gasteiger partial charge in [0.15, 0.2) is 0 Å². The smallest absolute Gasteiger partial charge is 0.372 e. The number of nitrogens with zero attached hydrogens (tertiary/aromatic N) is 2. The number of amides is 2. The lowest BCUT2D eigenvalue weighted by atomic mass is 9.91. The predicted molar refractivity (Wildman–Crippen MR) is 192 cm³/mol. The number of halogens is 3. The van der Waals surface area contributed by atoms with Crippen molar-refractivity contribution in [1.82, 2.24) is 10.3 Å². The highest BCUT2D eigenvalue weighted by Gasteiger charge is 2.30. The highest BCUT2D eigenvalue weighted by molar-refractivity contribution is 8.00. The molecule has 0 aliphatic carbocycles. The van der Waals surface area contributed by atoms with E-state index < -0.39 is 17.6 Å². The van der Waals surface area contributed by atoms with E-state index in [0.717, 1.165) is 61.5 Å². The second-order valence-corrected chi connectivity index (χ2v) is 14.1. The zero-order valence-corrected chi connectivity index (χ0v) is 28.8. The summed E-state index contributed by atoms with van der Waals surface area (Å²) in [4.78, 5) is 33.5. The summed E-state index contributed by atoms with van der Waals surface area (Å²) in [7, 11) is 0. The van der Waals surface area contributed by atoms with Crippen LogP contribution < -0.4 is 15.5 Å². The molecule has 2 heterocycles. The summed E-state index contributed by atoms with van der Waals surface area (Å²) in [6.45, 7) is 8.31. The highest BCUT2D eigenvalue weighted by Crippen LogP contribution is 2.34. The van der Waals surface area contributed by atoms with E-state index in [4.69, 9.17) is 0 Å². The molecule has 1 fully saturated rings. The van der Waals surface area contributed by atoms with Crippen LogP contribution in [-0.4, -0.2) is 29.9 Å². The van der Waals surface area contributed by atoms with Crippen LogP contribution in [0, 0.1) is 17.6 Å². The Morgan fingerprint density at radius 2 is 1.61 bits per heavy atom. The van der Waals surface area contributed by atoms with Crippen LogP contribution in [0.2, 0.25) is 0 Å². The van der Waals surface area contributed by atoms with Gasteiger partial charge in [0.1, 0.15) is 0 Å². The van der Waals surface area contributed by atoms with Crippen molar-refractivity contribution >= 4 is 35.0 Å². The standard InChI is InChI=1S/C39H41F3N4O2S/c1-38(2,3)16-8-20-49-26-28-10-6-11-29(21-28)37(48)45-34-14-13-32(46-18-4-5-19-46)24-33(34)35-23-30(15-17-43-35)36(47)44-25-27-9-7-12-31(22-27)39(40,41)42/h6-7,9-17,20-24H,4-5,8,18-19,25-26H2,1-3H3,(H,44,47)(H,45,48). The number of hydrogen-bond acceptors (Lipinski definition) is 5. The molecule has 1 saturated heterocycles. The normalized spacial score (nSPS) is 13.4. The summed E-state index contributed by atoms with van der Waals surface area (Å²) in [6.07, 6.45) is 2.40. The van der Waals surface area contributed by atoms with E-state index in [1.165, 1.54) is 18.3 Å².